The number of fused-ring (bicyclic) bond motifs is 1. The zero-order valence-corrected chi connectivity index (χ0v) is 10.3. The average Bonchev–Trinajstić information content (AvgIpc) is 2.95. The summed E-state index contributed by atoms with van der Waals surface area (Å²) in [7, 11) is 0. The van der Waals surface area contributed by atoms with Crippen LogP contribution in [0.2, 0.25) is 0 Å². The number of aromatic hydroxyl groups is 2. The molecule has 2 heterocycles. The van der Waals surface area contributed by atoms with Crippen LogP contribution in [0, 0.1) is 4.91 Å². The van der Waals surface area contributed by atoms with E-state index in [9.17, 15) is 15.1 Å². The molecule has 0 radical (unpaired) electrons. The van der Waals surface area contributed by atoms with Crippen LogP contribution in [0.5, 0.6) is 11.5 Å². The number of aromatic nitrogens is 4. The molecule has 0 aliphatic heterocycles. The normalized spacial score (nSPS) is 11.2. The Balaban J connectivity index is 2.03. The van der Waals surface area contributed by atoms with E-state index in [2.05, 4.69) is 35.3 Å². The van der Waals surface area contributed by atoms with Crippen LogP contribution in [0.3, 0.4) is 0 Å². The van der Waals surface area contributed by atoms with Crippen molar-refractivity contribution in [1.29, 1.82) is 0 Å². The molecular formula is C11H7N7O3. The maximum atomic E-state index is 10.5. The van der Waals surface area contributed by atoms with Gasteiger partial charge >= 0.3 is 0 Å². The fourth-order valence-corrected chi connectivity index (χ4v) is 1.64. The second-order valence-electron chi connectivity index (χ2n) is 3.92. The average molecular weight is 285 g/mol. The summed E-state index contributed by atoms with van der Waals surface area (Å²) in [5.41, 5.74) is 0.613. The second-order valence-corrected chi connectivity index (χ2v) is 3.92. The smallest absolute Gasteiger partial charge is 0.203 e. The second kappa shape index (κ2) is 4.92. The largest absolute Gasteiger partial charge is 0.505 e. The number of hydrogen-bond donors (Lipinski definition) is 3. The van der Waals surface area contributed by atoms with E-state index >= 15 is 0 Å². The number of hydrogen-bond acceptors (Lipinski definition) is 9. The van der Waals surface area contributed by atoms with Crippen molar-refractivity contribution >= 4 is 28.4 Å². The minimum atomic E-state index is -0.445. The molecule has 0 unspecified atom stereocenters. The zero-order chi connectivity index (χ0) is 14.8. The molecule has 3 rings (SSSR count). The number of aromatic amines is 1. The predicted molar refractivity (Wildman–Crippen MR) is 71.1 cm³/mol. The van der Waals surface area contributed by atoms with Crippen LogP contribution in [-0.2, 0) is 0 Å². The Hall–Kier alpha value is -3.43. The summed E-state index contributed by atoms with van der Waals surface area (Å²) < 4.78 is 0. The van der Waals surface area contributed by atoms with Crippen LogP contribution in [0.25, 0.3) is 11.2 Å². The van der Waals surface area contributed by atoms with E-state index in [0.29, 0.717) is 11.2 Å². The maximum Gasteiger partial charge on any atom is 0.203 e. The number of imidazole rings is 1. The highest BCUT2D eigenvalue weighted by Crippen LogP contribution is 2.38. The van der Waals surface area contributed by atoms with Gasteiger partial charge in [0, 0.05) is 12.1 Å². The van der Waals surface area contributed by atoms with Gasteiger partial charge in [-0.05, 0) is 5.18 Å². The molecule has 0 fully saturated rings. The third-order valence-electron chi connectivity index (χ3n) is 2.63. The lowest BCUT2D eigenvalue weighted by Gasteiger charge is -2.00. The lowest BCUT2D eigenvalue weighted by molar-refractivity contribution is 0.452. The highest BCUT2D eigenvalue weighted by Gasteiger charge is 2.10. The molecule has 10 nitrogen and oxygen atoms in total. The highest BCUT2D eigenvalue weighted by molar-refractivity contribution is 5.80. The van der Waals surface area contributed by atoms with Gasteiger partial charge in [-0.3, -0.25) is 0 Å². The van der Waals surface area contributed by atoms with Crippen molar-refractivity contribution in [3.63, 3.8) is 0 Å². The summed E-state index contributed by atoms with van der Waals surface area (Å²) in [6.45, 7) is 0. The van der Waals surface area contributed by atoms with E-state index in [1.54, 1.807) is 0 Å². The number of nitroso groups, excluding NO2 is 1. The SMILES string of the molecule is O=Nc1cc(N=Nc2ncnc3nc[nH]c23)c(O)cc1O. The van der Waals surface area contributed by atoms with Crippen molar-refractivity contribution in [3.8, 4) is 11.5 Å². The van der Waals surface area contributed by atoms with Crippen molar-refractivity contribution in [2.75, 3.05) is 0 Å². The van der Waals surface area contributed by atoms with Gasteiger partial charge < -0.3 is 15.2 Å². The van der Waals surface area contributed by atoms with E-state index < -0.39 is 5.75 Å². The van der Waals surface area contributed by atoms with Crippen LogP contribution in [0.4, 0.5) is 17.2 Å². The first kappa shape index (κ1) is 12.6. The first-order valence-corrected chi connectivity index (χ1v) is 5.64. The summed E-state index contributed by atoms with van der Waals surface area (Å²) in [6.07, 6.45) is 2.71. The summed E-state index contributed by atoms with van der Waals surface area (Å²) in [4.78, 5) is 25.1. The van der Waals surface area contributed by atoms with E-state index in [0.717, 1.165) is 12.1 Å². The summed E-state index contributed by atoms with van der Waals surface area (Å²) in [6, 6.07) is 2.06. The molecule has 0 atom stereocenters. The molecule has 2 aromatic heterocycles. The van der Waals surface area contributed by atoms with Gasteiger partial charge in [0.1, 0.15) is 29.0 Å². The number of nitrogens with one attached hydrogen (secondary N) is 1. The van der Waals surface area contributed by atoms with Gasteiger partial charge in [-0.2, -0.15) is 0 Å². The molecule has 0 saturated heterocycles. The van der Waals surface area contributed by atoms with Gasteiger partial charge in [0.05, 0.1) is 6.33 Å². The highest BCUT2D eigenvalue weighted by atomic mass is 16.3. The zero-order valence-electron chi connectivity index (χ0n) is 10.3. The van der Waals surface area contributed by atoms with Gasteiger partial charge in [-0.25, -0.2) is 15.0 Å². The molecule has 0 amide bonds. The predicted octanol–water partition coefficient (Wildman–Crippen LogP) is 2.58. The summed E-state index contributed by atoms with van der Waals surface area (Å²) in [5.74, 6) is -0.580. The van der Waals surface area contributed by atoms with Crippen molar-refractivity contribution in [2.45, 2.75) is 0 Å². The van der Waals surface area contributed by atoms with Crippen molar-refractivity contribution in [1.82, 2.24) is 19.9 Å². The van der Waals surface area contributed by atoms with Crippen LogP contribution < -0.4 is 0 Å². The quantitative estimate of drug-likeness (QED) is 0.497. The first-order chi connectivity index (χ1) is 10.2. The molecule has 0 aliphatic rings. The third-order valence-corrected chi connectivity index (χ3v) is 2.63. The number of benzene rings is 1. The maximum absolute atomic E-state index is 10.5. The Morgan fingerprint density at radius 1 is 1.00 bits per heavy atom. The van der Waals surface area contributed by atoms with Crippen LogP contribution >= 0.6 is 0 Å². The molecule has 0 spiro atoms. The Morgan fingerprint density at radius 2 is 1.81 bits per heavy atom. The lowest BCUT2D eigenvalue weighted by atomic mass is 10.2. The number of H-pyrrole nitrogens is 1. The Kier molecular flexibility index (Phi) is 2.95. The number of phenols is 2. The Morgan fingerprint density at radius 3 is 2.62 bits per heavy atom. The Labute approximate surface area is 116 Å². The summed E-state index contributed by atoms with van der Waals surface area (Å²) >= 11 is 0. The number of phenolic OH excluding ortho intramolecular Hbond substituents is 2. The molecule has 3 aromatic rings. The van der Waals surface area contributed by atoms with Crippen molar-refractivity contribution < 1.29 is 10.2 Å². The standard InChI is InChI=1S/C11H7N7O3/c19-7-2-8(20)6(18-21)1-5(7)16-17-11-9-10(13-3-12-9)14-4-15-11/h1-4,19-20H,(H,12,13,14,15). The monoisotopic (exact) mass is 285 g/mol. The molecule has 0 bridgehead atoms. The molecule has 10 heteroatoms. The molecule has 0 saturated carbocycles. The molecule has 3 N–H and O–H groups in total. The Bertz CT molecular complexity index is 858. The van der Waals surface area contributed by atoms with Gasteiger partial charge in [0.15, 0.2) is 11.3 Å². The van der Waals surface area contributed by atoms with Gasteiger partial charge in [-0.1, -0.05) is 0 Å². The van der Waals surface area contributed by atoms with Crippen molar-refractivity contribution in [3.05, 3.63) is 29.7 Å². The van der Waals surface area contributed by atoms with E-state index in [1.807, 2.05) is 0 Å². The minimum Gasteiger partial charge on any atom is -0.505 e. The molecule has 104 valence electrons. The minimum absolute atomic E-state index is 0.0336. The van der Waals surface area contributed by atoms with Crippen LogP contribution in [0.1, 0.15) is 0 Å². The van der Waals surface area contributed by atoms with Gasteiger partial charge in [0.2, 0.25) is 5.82 Å². The number of nitrogens with zero attached hydrogens (tertiary/aromatic N) is 6. The third kappa shape index (κ3) is 2.25. The number of rotatable bonds is 3. The van der Waals surface area contributed by atoms with Crippen molar-refractivity contribution in [2.24, 2.45) is 15.4 Å². The topological polar surface area (TPSA) is 149 Å². The van der Waals surface area contributed by atoms with E-state index in [-0.39, 0.29) is 22.9 Å². The van der Waals surface area contributed by atoms with Gasteiger partial charge in [0.25, 0.3) is 0 Å². The van der Waals surface area contributed by atoms with E-state index in [4.69, 9.17) is 0 Å². The summed E-state index contributed by atoms with van der Waals surface area (Å²) in [5, 5.41) is 29.3. The fourth-order valence-electron chi connectivity index (χ4n) is 1.64. The van der Waals surface area contributed by atoms with E-state index in [1.165, 1.54) is 12.7 Å². The number of azo groups is 1. The van der Waals surface area contributed by atoms with Gasteiger partial charge in [-0.15, -0.1) is 15.1 Å². The van der Waals surface area contributed by atoms with Crippen LogP contribution in [-0.4, -0.2) is 30.1 Å². The molecule has 21 heavy (non-hydrogen) atoms. The first-order valence-electron chi connectivity index (χ1n) is 5.64. The molecular weight excluding hydrogens is 278 g/mol. The molecule has 1 aromatic carbocycles. The lowest BCUT2D eigenvalue weighted by Crippen LogP contribution is -1.81. The van der Waals surface area contributed by atoms with Crippen LogP contribution in [0.15, 0.2) is 40.2 Å². The molecule has 0 aliphatic carbocycles. The fraction of sp³-hybridized carbons (Fsp3) is 0.